The van der Waals surface area contributed by atoms with Crippen molar-refractivity contribution < 1.29 is 4.74 Å². The van der Waals surface area contributed by atoms with Crippen molar-refractivity contribution in [2.45, 2.75) is 27.2 Å². The number of benzene rings is 1. The van der Waals surface area contributed by atoms with E-state index in [1.165, 1.54) is 11.4 Å². The topological polar surface area (TPSA) is 41.7 Å². The number of fused-ring (bicyclic) bond motifs is 1. The van der Waals surface area contributed by atoms with Gasteiger partial charge in [0.25, 0.3) is 0 Å². The van der Waals surface area contributed by atoms with Crippen LogP contribution in [0.15, 0.2) is 18.2 Å². The lowest BCUT2D eigenvalue weighted by Gasteiger charge is -2.30. The molecule has 0 unspecified atom stereocenters. The maximum Gasteiger partial charge on any atom is 0.121 e. The van der Waals surface area contributed by atoms with Crippen LogP contribution < -0.4 is 20.3 Å². The van der Waals surface area contributed by atoms with E-state index in [0.29, 0.717) is 13.2 Å². The van der Waals surface area contributed by atoms with Crippen LogP contribution in [0, 0.1) is 5.41 Å². The first-order valence-corrected chi connectivity index (χ1v) is 7.90. The average Bonchev–Trinajstić information content (AvgIpc) is 2.53. The van der Waals surface area contributed by atoms with Crippen molar-refractivity contribution in [1.82, 2.24) is 0 Å². The molecule has 4 nitrogen and oxygen atoms in total. The van der Waals surface area contributed by atoms with Crippen molar-refractivity contribution in [2.75, 3.05) is 49.6 Å². The van der Waals surface area contributed by atoms with Crippen molar-refractivity contribution in [2.24, 2.45) is 11.1 Å². The molecule has 0 aliphatic carbocycles. The van der Waals surface area contributed by atoms with Gasteiger partial charge in [-0.1, -0.05) is 13.8 Å². The summed E-state index contributed by atoms with van der Waals surface area (Å²) >= 11 is 0. The summed E-state index contributed by atoms with van der Waals surface area (Å²) in [7, 11) is 2.17. The molecule has 2 rings (SSSR count). The Morgan fingerprint density at radius 2 is 2.00 bits per heavy atom. The number of nitrogens with zero attached hydrogens (tertiary/aromatic N) is 2. The lowest BCUT2D eigenvalue weighted by molar-refractivity contribution is 0.313. The minimum absolute atomic E-state index is 0.268. The average molecular weight is 291 g/mol. The molecule has 4 heteroatoms. The molecule has 0 fully saturated rings. The van der Waals surface area contributed by atoms with Crippen LogP contribution in [0.3, 0.4) is 0 Å². The van der Waals surface area contributed by atoms with Gasteiger partial charge in [0, 0.05) is 32.7 Å². The first-order valence-electron chi connectivity index (χ1n) is 7.90. The molecule has 0 atom stereocenters. The minimum atomic E-state index is 0.268. The Hall–Kier alpha value is -1.42. The summed E-state index contributed by atoms with van der Waals surface area (Å²) in [5.74, 6) is 0.935. The summed E-state index contributed by atoms with van der Waals surface area (Å²) in [4.78, 5) is 4.81. The molecule has 0 radical (unpaired) electrons. The first kappa shape index (κ1) is 16.0. The van der Waals surface area contributed by atoms with Gasteiger partial charge in [0.05, 0.1) is 18.0 Å². The van der Waals surface area contributed by atoms with Crippen LogP contribution in [-0.4, -0.2) is 39.8 Å². The molecule has 0 amide bonds. The van der Waals surface area contributed by atoms with E-state index in [4.69, 9.17) is 10.5 Å². The van der Waals surface area contributed by atoms with Gasteiger partial charge in [0.2, 0.25) is 0 Å². The van der Waals surface area contributed by atoms with E-state index in [1.807, 2.05) is 0 Å². The summed E-state index contributed by atoms with van der Waals surface area (Å²) in [5, 5.41) is 0. The van der Waals surface area contributed by atoms with Gasteiger partial charge in [-0.2, -0.15) is 0 Å². The van der Waals surface area contributed by atoms with Crippen molar-refractivity contribution in [3.63, 3.8) is 0 Å². The van der Waals surface area contributed by atoms with Crippen molar-refractivity contribution in [3.05, 3.63) is 18.2 Å². The SMILES string of the molecule is CCN1CC(C)(C)CN(C)c2cc(OCCCN)ccc21. The van der Waals surface area contributed by atoms with Gasteiger partial charge in [-0.3, -0.25) is 0 Å². The third-order valence-corrected chi connectivity index (χ3v) is 3.98. The van der Waals surface area contributed by atoms with E-state index >= 15 is 0 Å². The molecule has 1 heterocycles. The lowest BCUT2D eigenvalue weighted by Crippen LogP contribution is -2.37. The smallest absolute Gasteiger partial charge is 0.121 e. The van der Waals surface area contributed by atoms with E-state index in [2.05, 4.69) is 55.8 Å². The number of ether oxygens (including phenoxy) is 1. The predicted molar refractivity (Wildman–Crippen MR) is 90.5 cm³/mol. The van der Waals surface area contributed by atoms with Crippen molar-refractivity contribution in [1.29, 1.82) is 0 Å². The highest BCUT2D eigenvalue weighted by Gasteiger charge is 2.29. The van der Waals surface area contributed by atoms with E-state index < -0.39 is 0 Å². The Kier molecular flexibility index (Phi) is 4.99. The van der Waals surface area contributed by atoms with E-state index in [0.717, 1.165) is 31.8 Å². The Bertz CT molecular complexity index is 473. The monoisotopic (exact) mass is 291 g/mol. The van der Waals surface area contributed by atoms with Crippen LogP contribution in [0.5, 0.6) is 5.75 Å². The maximum atomic E-state index is 5.80. The van der Waals surface area contributed by atoms with E-state index in [-0.39, 0.29) is 5.41 Å². The molecule has 2 N–H and O–H groups in total. The van der Waals surface area contributed by atoms with Gasteiger partial charge < -0.3 is 20.3 Å². The molecule has 0 aromatic heterocycles. The summed E-state index contributed by atoms with van der Waals surface area (Å²) in [6.07, 6.45) is 0.890. The van der Waals surface area contributed by atoms with E-state index in [9.17, 15) is 0 Å². The second-order valence-corrected chi connectivity index (χ2v) is 6.68. The van der Waals surface area contributed by atoms with Crippen LogP contribution in [0.1, 0.15) is 27.2 Å². The van der Waals surface area contributed by atoms with E-state index in [1.54, 1.807) is 0 Å². The van der Waals surface area contributed by atoms with Crippen LogP contribution in [0.2, 0.25) is 0 Å². The Balaban J connectivity index is 2.28. The quantitative estimate of drug-likeness (QED) is 0.847. The Morgan fingerprint density at radius 1 is 1.24 bits per heavy atom. The highest BCUT2D eigenvalue weighted by atomic mass is 16.5. The number of rotatable bonds is 5. The first-order chi connectivity index (χ1) is 9.96. The van der Waals surface area contributed by atoms with Gasteiger partial charge in [-0.15, -0.1) is 0 Å². The third kappa shape index (κ3) is 3.82. The maximum absolute atomic E-state index is 5.80. The summed E-state index contributed by atoms with van der Waals surface area (Å²) < 4.78 is 5.80. The fourth-order valence-corrected chi connectivity index (χ4v) is 3.10. The molecule has 0 saturated heterocycles. The molecule has 118 valence electrons. The number of hydrogen-bond donors (Lipinski definition) is 1. The van der Waals surface area contributed by atoms with Gasteiger partial charge in [-0.25, -0.2) is 0 Å². The third-order valence-electron chi connectivity index (χ3n) is 3.98. The lowest BCUT2D eigenvalue weighted by atomic mass is 9.92. The fourth-order valence-electron chi connectivity index (χ4n) is 3.10. The Labute approximate surface area is 128 Å². The molecule has 1 aromatic carbocycles. The molecular weight excluding hydrogens is 262 g/mol. The highest BCUT2D eigenvalue weighted by molar-refractivity contribution is 5.74. The largest absolute Gasteiger partial charge is 0.493 e. The molecule has 0 saturated carbocycles. The second-order valence-electron chi connectivity index (χ2n) is 6.68. The zero-order valence-electron chi connectivity index (χ0n) is 13.9. The molecule has 0 spiro atoms. The van der Waals surface area contributed by atoms with Gasteiger partial charge in [-0.05, 0) is 37.4 Å². The van der Waals surface area contributed by atoms with Gasteiger partial charge in [0.1, 0.15) is 5.75 Å². The Morgan fingerprint density at radius 3 is 2.67 bits per heavy atom. The molecule has 21 heavy (non-hydrogen) atoms. The standard InChI is InChI=1S/C17H29N3O/c1-5-20-13-17(2,3)12-19(4)16-11-14(7-8-15(16)20)21-10-6-9-18/h7-8,11H,5-6,9-10,12-13,18H2,1-4H3. The minimum Gasteiger partial charge on any atom is -0.493 e. The van der Waals surface area contributed by atoms with Gasteiger partial charge >= 0.3 is 0 Å². The molecule has 1 aliphatic rings. The second kappa shape index (κ2) is 6.56. The summed E-state index contributed by atoms with van der Waals surface area (Å²) in [6.45, 7) is 11.4. The molecule has 0 bridgehead atoms. The van der Waals surface area contributed by atoms with Gasteiger partial charge in [0.15, 0.2) is 0 Å². The van der Waals surface area contributed by atoms with Crippen LogP contribution in [0.4, 0.5) is 11.4 Å². The predicted octanol–water partition coefficient (Wildman–Crippen LogP) is 2.72. The number of hydrogen-bond acceptors (Lipinski definition) is 4. The fraction of sp³-hybridized carbons (Fsp3) is 0.647. The van der Waals surface area contributed by atoms with Crippen LogP contribution >= 0.6 is 0 Å². The summed E-state index contributed by atoms with van der Waals surface area (Å²) in [5.41, 5.74) is 8.35. The molecular formula is C17H29N3O. The van der Waals surface area contributed by atoms with Crippen molar-refractivity contribution >= 4 is 11.4 Å². The zero-order chi connectivity index (χ0) is 15.5. The van der Waals surface area contributed by atoms with Crippen LogP contribution in [0.25, 0.3) is 0 Å². The van der Waals surface area contributed by atoms with Crippen LogP contribution in [-0.2, 0) is 0 Å². The molecule has 1 aliphatic heterocycles. The highest BCUT2D eigenvalue weighted by Crippen LogP contribution is 2.38. The summed E-state index contributed by atoms with van der Waals surface area (Å²) in [6, 6.07) is 6.43. The number of anilines is 2. The number of nitrogens with two attached hydrogens (primary N) is 1. The normalized spacial score (nSPS) is 17.4. The molecule has 1 aromatic rings. The zero-order valence-corrected chi connectivity index (χ0v) is 13.9. The van der Waals surface area contributed by atoms with Crippen molar-refractivity contribution in [3.8, 4) is 5.75 Å².